The molecule has 0 aromatic heterocycles. The molecule has 1 aliphatic rings. The zero-order chi connectivity index (χ0) is 34.7. The van der Waals surface area contributed by atoms with Crippen LogP contribution in [0.25, 0.3) is 0 Å². The van der Waals surface area contributed by atoms with Crippen LogP contribution in [-0.2, 0) is 57.5 Å². The van der Waals surface area contributed by atoms with Crippen LogP contribution in [0.1, 0.15) is 31.9 Å². The topological polar surface area (TPSA) is 189 Å². The first-order valence-electron chi connectivity index (χ1n) is 13.8. The molecule has 3 amide bonds. The Labute approximate surface area is 267 Å². The third-order valence-corrected chi connectivity index (χ3v) is 12.9. The number of carbonyl (C=O) groups is 4. The van der Waals surface area contributed by atoms with E-state index in [9.17, 15) is 36.0 Å². The maximum Gasteiger partial charge on any atom is 0.357 e. The summed E-state index contributed by atoms with van der Waals surface area (Å²) in [6.07, 6.45) is 0. The van der Waals surface area contributed by atoms with Gasteiger partial charge in [0.1, 0.15) is 0 Å². The molecule has 0 N–H and O–H groups in total. The van der Waals surface area contributed by atoms with E-state index in [0.29, 0.717) is 11.1 Å². The van der Waals surface area contributed by atoms with E-state index >= 15 is 0 Å². The Morgan fingerprint density at radius 2 is 1.13 bits per heavy atom. The number of rotatable bonds is 13. The van der Waals surface area contributed by atoms with E-state index in [1.807, 2.05) is 0 Å². The molecule has 1 heterocycles. The fourth-order valence-corrected chi connectivity index (χ4v) is 10.3. The van der Waals surface area contributed by atoms with E-state index in [1.54, 1.807) is 13.8 Å². The summed E-state index contributed by atoms with van der Waals surface area (Å²) < 4.78 is 83.4. The number of urea groups is 1. The van der Waals surface area contributed by atoms with Crippen molar-refractivity contribution in [1.82, 2.24) is 8.61 Å². The van der Waals surface area contributed by atoms with Crippen LogP contribution in [0.4, 0.5) is 4.79 Å². The number of methoxy groups -OCH3 is 2. The predicted octanol–water partition coefficient (Wildman–Crippen LogP) is 2.77. The molecule has 0 saturated carbocycles. The molecule has 2 aromatic carbocycles. The van der Waals surface area contributed by atoms with Crippen molar-refractivity contribution in [2.24, 2.45) is 0 Å². The number of carbonyl (C=O) groups excluding carboxylic acids is 4. The van der Waals surface area contributed by atoms with E-state index < -0.39 is 76.4 Å². The molecule has 3 rings (SSSR count). The first-order chi connectivity index (χ1) is 21.6. The van der Waals surface area contributed by atoms with Crippen LogP contribution in [0.3, 0.4) is 0 Å². The molecular formula is C28H35N2O13PS2. The van der Waals surface area contributed by atoms with Gasteiger partial charge < -0.3 is 23.0 Å². The number of hydrogen-bond acceptors (Lipinski definition) is 13. The summed E-state index contributed by atoms with van der Waals surface area (Å²) in [7, 11) is -13.6. The average molecular weight is 703 g/mol. The van der Waals surface area contributed by atoms with Crippen LogP contribution >= 0.6 is 7.57 Å². The Morgan fingerprint density at radius 1 is 0.717 bits per heavy atom. The second-order valence-corrected chi connectivity index (χ2v) is 15.3. The molecule has 252 valence electrons. The Bertz CT molecular complexity index is 1770. The average Bonchev–Trinajstić information content (AvgIpc) is 3.24. The number of hydrogen-bond donors (Lipinski definition) is 0. The van der Waals surface area contributed by atoms with E-state index in [-0.39, 0.29) is 24.1 Å². The van der Waals surface area contributed by atoms with Crippen LogP contribution in [0.2, 0.25) is 0 Å². The van der Waals surface area contributed by atoms with Gasteiger partial charge in [0.05, 0.1) is 43.8 Å². The van der Waals surface area contributed by atoms with Crippen molar-refractivity contribution in [2.45, 2.75) is 49.9 Å². The lowest BCUT2D eigenvalue weighted by atomic mass is 9.95. The summed E-state index contributed by atoms with van der Waals surface area (Å²) in [5, 5.41) is -1.23. The first-order valence-corrected chi connectivity index (χ1v) is 18.2. The smallest absolute Gasteiger partial charge is 0.357 e. The van der Waals surface area contributed by atoms with Gasteiger partial charge in [-0.3, -0.25) is 4.79 Å². The van der Waals surface area contributed by atoms with Gasteiger partial charge in [0.25, 0.3) is 39.1 Å². The van der Waals surface area contributed by atoms with Gasteiger partial charge in [-0.1, -0.05) is 35.4 Å². The molecule has 0 bridgehead atoms. The molecular weight excluding hydrogens is 667 g/mol. The van der Waals surface area contributed by atoms with Gasteiger partial charge >= 0.3 is 18.0 Å². The largest absolute Gasteiger partial charge is 0.467 e. The number of esters is 2. The van der Waals surface area contributed by atoms with Crippen molar-refractivity contribution in [1.29, 1.82) is 0 Å². The standard InChI is InChI=1S/C28H35N2O13PS2/c1-8-41-44(42-9-2,43-10-3)23(24(31)39-6)28(26(33)40-7)25(32)29(45(35,36)21-15-11-19(4)12-16-21)27(34)30(28)46(37,38)22-17-13-20(5)14-18-22/h11-18H,8-10H2,1-7H3. The number of aryl methyl sites for hydroxylation is 2. The molecule has 1 unspecified atom stereocenters. The molecule has 0 radical (unpaired) electrons. The highest BCUT2D eigenvalue weighted by Gasteiger charge is 2.76. The lowest BCUT2D eigenvalue weighted by molar-refractivity contribution is -0.152. The van der Waals surface area contributed by atoms with Gasteiger partial charge in [0.15, 0.2) is 5.29 Å². The highest BCUT2D eigenvalue weighted by atomic mass is 32.2. The quantitative estimate of drug-likeness (QED) is 0.128. The second-order valence-electron chi connectivity index (χ2n) is 9.55. The summed E-state index contributed by atoms with van der Waals surface area (Å²) in [6, 6.07) is 7.72. The molecule has 46 heavy (non-hydrogen) atoms. The van der Waals surface area contributed by atoms with Crippen molar-refractivity contribution in [3.05, 3.63) is 59.7 Å². The number of benzene rings is 2. The maximum atomic E-state index is 14.7. The molecule has 1 aliphatic heterocycles. The highest BCUT2D eigenvalue weighted by Crippen LogP contribution is 2.57. The molecule has 0 spiro atoms. The summed E-state index contributed by atoms with van der Waals surface area (Å²) in [6.45, 7) is 6.77. The first kappa shape index (κ1) is 36.9. The van der Waals surface area contributed by atoms with Gasteiger partial charge in [-0.2, -0.15) is 4.31 Å². The molecule has 1 saturated heterocycles. The molecule has 2 aromatic rings. The van der Waals surface area contributed by atoms with Crippen molar-refractivity contribution in [3.63, 3.8) is 0 Å². The van der Waals surface area contributed by atoms with Crippen LogP contribution in [0.15, 0.2) is 58.3 Å². The molecule has 15 nitrogen and oxygen atoms in total. The SMILES string of the molecule is CCOP(OCC)(OCC)=C(C(=O)OC)C1(C(=O)OC)C(=O)N(S(=O)(=O)c2ccc(C)cc2)C(=O)N1S(=O)(=O)c1ccc(C)cc1. The van der Waals surface area contributed by atoms with Crippen molar-refractivity contribution in [2.75, 3.05) is 34.0 Å². The Morgan fingerprint density at radius 3 is 1.50 bits per heavy atom. The zero-order valence-corrected chi connectivity index (χ0v) is 28.7. The van der Waals surface area contributed by atoms with Crippen LogP contribution < -0.4 is 0 Å². The van der Waals surface area contributed by atoms with E-state index in [1.165, 1.54) is 45.0 Å². The van der Waals surface area contributed by atoms with Crippen LogP contribution in [0, 0.1) is 13.8 Å². The number of amides is 3. The fourth-order valence-electron chi connectivity index (χ4n) is 4.65. The van der Waals surface area contributed by atoms with E-state index in [4.69, 9.17) is 23.0 Å². The molecule has 1 fully saturated rings. The van der Waals surface area contributed by atoms with Gasteiger partial charge in [0, 0.05) is 0 Å². The summed E-state index contributed by atoms with van der Waals surface area (Å²) in [4.78, 5) is 55.8. The molecule has 1 atom stereocenters. The highest BCUT2D eigenvalue weighted by molar-refractivity contribution is 7.91. The lowest BCUT2D eigenvalue weighted by Crippen LogP contribution is -2.66. The minimum absolute atomic E-state index is 0.288. The predicted molar refractivity (Wildman–Crippen MR) is 164 cm³/mol. The zero-order valence-electron chi connectivity index (χ0n) is 26.2. The van der Waals surface area contributed by atoms with Gasteiger partial charge in [-0.05, 0) is 58.9 Å². The van der Waals surface area contributed by atoms with Gasteiger partial charge in [-0.25, -0.2) is 31.2 Å². The van der Waals surface area contributed by atoms with Gasteiger partial charge in [0.2, 0.25) is 0 Å². The maximum absolute atomic E-state index is 14.7. The number of imide groups is 1. The summed E-state index contributed by atoms with van der Waals surface area (Å²) in [5.41, 5.74) is -2.51. The third kappa shape index (κ3) is 5.98. The third-order valence-electron chi connectivity index (χ3n) is 6.64. The molecule has 0 aliphatic carbocycles. The number of nitrogens with zero attached hydrogens (tertiary/aromatic N) is 2. The molecule has 18 heteroatoms. The summed E-state index contributed by atoms with van der Waals surface area (Å²) in [5.74, 6) is -5.41. The minimum Gasteiger partial charge on any atom is -0.467 e. The minimum atomic E-state index is -5.40. The Kier molecular flexibility index (Phi) is 11.2. The van der Waals surface area contributed by atoms with Crippen LogP contribution in [-0.4, -0.2) is 94.2 Å². The van der Waals surface area contributed by atoms with Crippen molar-refractivity contribution in [3.8, 4) is 0 Å². The fraction of sp³-hybridized carbons (Fsp3) is 0.393. The van der Waals surface area contributed by atoms with Crippen LogP contribution in [0.5, 0.6) is 0 Å². The number of sulfonamides is 2. The Balaban J connectivity index is 2.70. The van der Waals surface area contributed by atoms with Crippen molar-refractivity contribution < 1.29 is 59.1 Å². The second kappa shape index (κ2) is 14.0. The van der Waals surface area contributed by atoms with E-state index in [0.717, 1.165) is 38.5 Å². The monoisotopic (exact) mass is 702 g/mol. The van der Waals surface area contributed by atoms with Gasteiger partial charge in [-0.15, -0.1) is 4.31 Å². The van der Waals surface area contributed by atoms with E-state index in [2.05, 4.69) is 0 Å². The Hall–Kier alpha value is -3.60. The normalized spacial score (nSPS) is 17.3. The summed E-state index contributed by atoms with van der Waals surface area (Å²) >= 11 is 0. The van der Waals surface area contributed by atoms with Crippen molar-refractivity contribution >= 4 is 56.8 Å². The lowest BCUT2D eigenvalue weighted by Gasteiger charge is -2.36. The number of ether oxygens (including phenoxy) is 2.